The van der Waals surface area contributed by atoms with Crippen molar-refractivity contribution in [1.29, 1.82) is 5.26 Å². The van der Waals surface area contributed by atoms with Crippen molar-refractivity contribution in [3.8, 4) is 32.8 Å². The van der Waals surface area contributed by atoms with Crippen molar-refractivity contribution in [2.75, 3.05) is 6.61 Å². The Hall–Kier alpha value is -4.21. The fourth-order valence-electron chi connectivity index (χ4n) is 3.70. The molecule has 0 fully saturated rings. The van der Waals surface area contributed by atoms with Gasteiger partial charge < -0.3 is 14.4 Å². The lowest BCUT2D eigenvalue weighted by molar-refractivity contribution is -0.139. The molecule has 4 aromatic rings. The van der Waals surface area contributed by atoms with Crippen LogP contribution >= 0.6 is 22.9 Å². The fraction of sp³-hybridized carbons (Fsp3) is 0.115. The van der Waals surface area contributed by atoms with Crippen molar-refractivity contribution in [1.82, 2.24) is 4.57 Å². The highest BCUT2D eigenvalue weighted by Crippen LogP contribution is 2.39. The predicted octanol–water partition coefficient (Wildman–Crippen LogP) is 6.58. The zero-order valence-electron chi connectivity index (χ0n) is 19.4. The average molecular weight is 581 g/mol. The van der Waals surface area contributed by atoms with Crippen molar-refractivity contribution in [3.63, 3.8) is 0 Å². The minimum absolute atomic E-state index is 0.0881. The third-order valence-electron chi connectivity index (χ3n) is 5.49. The summed E-state index contributed by atoms with van der Waals surface area (Å²) in [6, 6.07) is 12.0. The van der Waals surface area contributed by atoms with Crippen LogP contribution in [0.25, 0.3) is 21.0 Å². The van der Waals surface area contributed by atoms with Gasteiger partial charge in [-0.05, 0) is 48.0 Å². The van der Waals surface area contributed by atoms with Crippen molar-refractivity contribution in [3.05, 3.63) is 98.3 Å². The first-order valence-electron chi connectivity index (χ1n) is 10.8. The average Bonchev–Trinajstić information content (AvgIpc) is 3.35. The summed E-state index contributed by atoms with van der Waals surface area (Å²) in [6.45, 7) is -1.18. The van der Waals surface area contributed by atoms with E-state index in [1.807, 2.05) is 0 Å². The molecule has 0 aliphatic heterocycles. The van der Waals surface area contributed by atoms with E-state index < -0.39 is 53.6 Å². The van der Waals surface area contributed by atoms with Gasteiger partial charge in [-0.25, -0.2) is 13.6 Å². The van der Waals surface area contributed by atoms with Crippen LogP contribution in [-0.2, 0) is 17.5 Å². The number of thiophene rings is 1. The molecule has 0 saturated carbocycles. The molecule has 0 atom stereocenters. The Labute approximate surface area is 225 Å². The van der Waals surface area contributed by atoms with Gasteiger partial charge in [0.15, 0.2) is 6.61 Å². The van der Waals surface area contributed by atoms with Crippen LogP contribution in [0.4, 0.5) is 22.0 Å². The van der Waals surface area contributed by atoms with Crippen molar-refractivity contribution < 1.29 is 36.6 Å². The maximum absolute atomic E-state index is 14.4. The van der Waals surface area contributed by atoms with Crippen LogP contribution in [0.5, 0.6) is 5.75 Å². The largest absolute Gasteiger partial charge is 0.480 e. The van der Waals surface area contributed by atoms with Gasteiger partial charge in [0.05, 0.1) is 27.7 Å². The lowest BCUT2D eigenvalue weighted by atomic mass is 10.1. The number of carbonyl (C=O) groups is 1. The third-order valence-corrected chi connectivity index (χ3v) is 6.94. The molecule has 1 N–H and O–H groups in total. The number of alkyl halides is 3. The summed E-state index contributed by atoms with van der Waals surface area (Å²) in [6.07, 6.45) is -5.03. The van der Waals surface area contributed by atoms with Gasteiger partial charge in [-0.15, -0.1) is 11.3 Å². The number of hydrogen-bond donors (Lipinski definition) is 1. The summed E-state index contributed by atoms with van der Waals surface area (Å²) in [7, 11) is 0. The Kier molecular flexibility index (Phi) is 7.76. The summed E-state index contributed by atoms with van der Waals surface area (Å²) >= 11 is 7.16. The standard InChI is InChI=1S/C26H14ClF5N2O4S/c27-18-7-13(2-4-21(18)38-12-24(35)36)22-5-6-23(39-22)20-9-17(26(30,31)32)16(10-33)25(37)34(20)11-14-1-3-15(28)8-19(14)29/h1-9H,11-12H2,(H,35,36). The van der Waals surface area contributed by atoms with E-state index in [2.05, 4.69) is 0 Å². The van der Waals surface area contributed by atoms with E-state index in [-0.39, 0.29) is 26.9 Å². The summed E-state index contributed by atoms with van der Waals surface area (Å²) < 4.78 is 75.0. The number of nitriles is 1. The maximum Gasteiger partial charge on any atom is 0.417 e. The van der Waals surface area contributed by atoms with Gasteiger partial charge in [0, 0.05) is 16.5 Å². The van der Waals surface area contributed by atoms with Crippen molar-refractivity contribution in [2.45, 2.75) is 12.7 Å². The van der Waals surface area contributed by atoms with Gasteiger partial charge in [0.25, 0.3) is 5.56 Å². The monoisotopic (exact) mass is 580 g/mol. The summed E-state index contributed by atoms with van der Waals surface area (Å²) in [5.41, 5.74) is -3.79. The van der Waals surface area contributed by atoms with Crippen LogP contribution in [0.1, 0.15) is 16.7 Å². The number of benzene rings is 2. The number of nitrogens with zero attached hydrogens (tertiary/aromatic N) is 2. The third kappa shape index (κ3) is 5.94. The first kappa shape index (κ1) is 27.8. The van der Waals surface area contributed by atoms with Crippen molar-refractivity contribution >= 4 is 28.9 Å². The zero-order valence-corrected chi connectivity index (χ0v) is 20.9. The Balaban J connectivity index is 1.84. The lowest BCUT2D eigenvalue weighted by Gasteiger charge is -2.17. The van der Waals surface area contributed by atoms with Gasteiger partial charge in [-0.3, -0.25) is 4.79 Å². The van der Waals surface area contributed by atoms with Gasteiger partial charge in [0.1, 0.15) is 29.0 Å². The number of rotatable bonds is 7. The van der Waals surface area contributed by atoms with Gasteiger partial charge in [0.2, 0.25) is 0 Å². The van der Waals surface area contributed by atoms with E-state index in [1.165, 1.54) is 24.3 Å². The van der Waals surface area contributed by atoms with Crippen LogP contribution in [-0.4, -0.2) is 22.2 Å². The molecule has 39 heavy (non-hydrogen) atoms. The maximum atomic E-state index is 14.4. The van der Waals surface area contributed by atoms with Crippen LogP contribution in [0, 0.1) is 23.0 Å². The van der Waals surface area contributed by atoms with E-state index in [0.717, 1.165) is 28.0 Å². The molecular formula is C26H14ClF5N2O4S. The minimum Gasteiger partial charge on any atom is -0.480 e. The number of aliphatic carboxylic acids is 1. The highest BCUT2D eigenvalue weighted by atomic mass is 35.5. The van der Waals surface area contributed by atoms with Crippen LogP contribution < -0.4 is 10.3 Å². The second-order valence-electron chi connectivity index (χ2n) is 8.05. The number of hydrogen-bond acceptors (Lipinski definition) is 5. The normalized spacial score (nSPS) is 11.3. The van der Waals surface area contributed by atoms with Crippen LogP contribution in [0.15, 0.2) is 59.4 Å². The summed E-state index contributed by atoms with van der Waals surface area (Å²) in [4.78, 5) is 24.5. The van der Waals surface area contributed by atoms with Gasteiger partial charge >= 0.3 is 12.1 Å². The molecule has 0 aliphatic rings. The number of ether oxygens (including phenoxy) is 1. The van der Waals surface area contributed by atoms with E-state index in [0.29, 0.717) is 22.6 Å². The molecule has 2 aromatic carbocycles. The molecular weight excluding hydrogens is 567 g/mol. The topological polar surface area (TPSA) is 92.3 Å². The molecule has 2 heterocycles. The molecule has 0 radical (unpaired) electrons. The smallest absolute Gasteiger partial charge is 0.417 e. The highest BCUT2D eigenvalue weighted by Gasteiger charge is 2.37. The molecule has 0 bridgehead atoms. The molecule has 0 amide bonds. The predicted molar refractivity (Wildman–Crippen MR) is 133 cm³/mol. The molecule has 6 nitrogen and oxygen atoms in total. The molecule has 0 aliphatic carbocycles. The van der Waals surface area contributed by atoms with Crippen LogP contribution in [0.2, 0.25) is 5.02 Å². The Morgan fingerprint density at radius 1 is 1.08 bits per heavy atom. The second-order valence-corrected chi connectivity index (χ2v) is 9.54. The Bertz CT molecular complexity index is 1690. The first-order valence-corrected chi connectivity index (χ1v) is 12.0. The van der Waals surface area contributed by atoms with Crippen LogP contribution in [0.3, 0.4) is 0 Å². The summed E-state index contributed by atoms with van der Waals surface area (Å²) in [5.74, 6) is -2.99. The van der Waals surface area contributed by atoms with E-state index in [1.54, 1.807) is 12.1 Å². The molecule has 200 valence electrons. The lowest BCUT2D eigenvalue weighted by Crippen LogP contribution is -2.28. The molecule has 13 heteroatoms. The Morgan fingerprint density at radius 3 is 2.41 bits per heavy atom. The van der Waals surface area contributed by atoms with E-state index in [4.69, 9.17) is 21.4 Å². The molecule has 4 rings (SSSR count). The van der Waals surface area contributed by atoms with Gasteiger partial charge in [-0.2, -0.15) is 18.4 Å². The number of carboxylic acids is 1. The molecule has 0 spiro atoms. The minimum atomic E-state index is -5.03. The van der Waals surface area contributed by atoms with E-state index in [9.17, 15) is 36.8 Å². The van der Waals surface area contributed by atoms with Crippen molar-refractivity contribution in [2.24, 2.45) is 0 Å². The molecule has 0 unspecified atom stereocenters. The SMILES string of the molecule is N#Cc1c(C(F)(F)F)cc(-c2ccc(-c3ccc(OCC(=O)O)c(Cl)c3)s2)n(Cc2ccc(F)cc2F)c1=O. The number of halogens is 6. The zero-order chi connectivity index (χ0) is 28.5. The number of carboxylic acid groups (broad SMARTS) is 1. The summed E-state index contributed by atoms with van der Waals surface area (Å²) in [5, 5.41) is 18.2. The van der Waals surface area contributed by atoms with Gasteiger partial charge in [-0.1, -0.05) is 17.7 Å². The quantitative estimate of drug-likeness (QED) is 0.249. The molecule has 0 saturated heterocycles. The highest BCUT2D eigenvalue weighted by molar-refractivity contribution is 7.18. The second kappa shape index (κ2) is 10.9. The first-order chi connectivity index (χ1) is 18.4. The van der Waals surface area contributed by atoms with E-state index >= 15 is 0 Å². The Morgan fingerprint density at radius 2 is 1.79 bits per heavy atom. The number of pyridine rings is 1. The fourth-order valence-corrected chi connectivity index (χ4v) is 4.96. The number of aromatic nitrogens is 1. The molecule has 2 aromatic heterocycles.